The van der Waals surface area contributed by atoms with E-state index in [4.69, 9.17) is 25.5 Å². The molecule has 0 amide bonds. The molecule has 0 aliphatic carbocycles. The van der Waals surface area contributed by atoms with Gasteiger partial charge in [0.05, 0.1) is 30.6 Å². The first kappa shape index (κ1) is 33.6. The molecule has 0 fully saturated rings. The fraction of sp³-hybridized carbons (Fsp3) is 0.243. The van der Waals surface area contributed by atoms with Crippen LogP contribution in [0, 0.1) is 6.57 Å². The zero-order chi connectivity index (χ0) is 36.1. The van der Waals surface area contributed by atoms with E-state index in [9.17, 15) is 24.6 Å². The highest BCUT2D eigenvalue weighted by atomic mass is 32.1. The van der Waals surface area contributed by atoms with E-state index in [2.05, 4.69) is 59.1 Å². The highest BCUT2D eigenvalue weighted by molar-refractivity contribution is 7.25. The maximum absolute atomic E-state index is 13.5. The molecule has 0 saturated heterocycles. The molecule has 3 aliphatic rings. The van der Waals surface area contributed by atoms with E-state index in [0.717, 1.165) is 50.6 Å². The number of hydrogen-bond donors (Lipinski definition) is 2. The lowest BCUT2D eigenvalue weighted by atomic mass is 10.0. The van der Waals surface area contributed by atoms with Crippen LogP contribution in [0.15, 0.2) is 47.3 Å². The van der Waals surface area contributed by atoms with Crippen molar-refractivity contribution >= 4 is 69.1 Å². The number of aryl methyl sites for hydroxylation is 2. The van der Waals surface area contributed by atoms with Crippen molar-refractivity contribution in [2.45, 2.75) is 26.3 Å². The van der Waals surface area contributed by atoms with Crippen LogP contribution >= 0.6 is 34.0 Å². The summed E-state index contributed by atoms with van der Waals surface area (Å²) in [7, 11) is 0. The summed E-state index contributed by atoms with van der Waals surface area (Å²) in [5.74, 6) is -0.784. The number of thiophene rings is 2. The quantitative estimate of drug-likeness (QED) is 0.213. The van der Waals surface area contributed by atoms with E-state index in [1.807, 2.05) is 0 Å². The molecule has 0 radical (unpaired) electrons. The molecule has 3 aliphatic heterocycles. The van der Waals surface area contributed by atoms with E-state index in [-0.39, 0.29) is 15.8 Å². The first-order valence-corrected chi connectivity index (χ1v) is 18.8. The number of aliphatic carboxylic acids is 2. The van der Waals surface area contributed by atoms with Crippen molar-refractivity contribution in [2.24, 2.45) is 0 Å². The number of carbonyl (C=O) groups is 2. The third-order valence-electron chi connectivity index (χ3n) is 8.90. The number of anilines is 2. The highest BCUT2D eigenvalue weighted by Gasteiger charge is 2.33. The SMILES string of the molecule is [C-]#[N+]C(C(=O)O)=c1sc(=Cc2sc(-c3sc(-c4ccc5c(c4)CCc4ccccc4N5CC)c4c3OCCO4)c3c2OCCO3)c(=O)n1CC(=O)O. The number of ether oxygens (including phenoxy) is 4. The van der Waals surface area contributed by atoms with E-state index >= 15 is 0 Å². The van der Waals surface area contributed by atoms with Gasteiger partial charge in [-0.2, -0.15) is 0 Å². The van der Waals surface area contributed by atoms with Gasteiger partial charge in [-0.25, -0.2) is 4.85 Å². The smallest absolute Gasteiger partial charge is 0.336 e. The lowest BCUT2D eigenvalue weighted by Gasteiger charge is -2.25. The molecule has 0 unspecified atom stereocenters. The molecule has 15 heteroatoms. The number of benzene rings is 2. The van der Waals surface area contributed by atoms with Crippen molar-refractivity contribution < 1.29 is 38.7 Å². The molecule has 0 atom stereocenters. The van der Waals surface area contributed by atoms with E-state index in [1.165, 1.54) is 51.3 Å². The van der Waals surface area contributed by atoms with Gasteiger partial charge in [0.25, 0.3) is 5.56 Å². The Bertz CT molecular complexity index is 2520. The van der Waals surface area contributed by atoms with Crippen LogP contribution in [0.2, 0.25) is 0 Å². The second-order valence-electron chi connectivity index (χ2n) is 11.9. The number of nitrogens with zero attached hydrogens (tertiary/aromatic N) is 3. The Labute approximate surface area is 308 Å². The Kier molecular flexibility index (Phi) is 8.74. The second-order valence-corrected chi connectivity index (χ2v) is 15.1. The largest absolute Gasteiger partial charge is 0.486 e. The minimum absolute atomic E-state index is 0.0464. The van der Waals surface area contributed by atoms with Gasteiger partial charge >= 0.3 is 17.6 Å². The molecule has 8 rings (SSSR count). The Morgan fingerprint density at radius 3 is 2.17 bits per heavy atom. The first-order chi connectivity index (χ1) is 25.3. The number of hydrogen-bond acceptors (Lipinski definition) is 11. The lowest BCUT2D eigenvalue weighted by molar-refractivity contribution is -0.138. The Hall–Kier alpha value is -5.56. The summed E-state index contributed by atoms with van der Waals surface area (Å²) in [6, 6.07) is 15.1. The summed E-state index contributed by atoms with van der Waals surface area (Å²) < 4.78 is 25.4. The summed E-state index contributed by atoms with van der Waals surface area (Å²) in [5.41, 5.74) is 4.50. The summed E-state index contributed by atoms with van der Waals surface area (Å²) in [4.78, 5) is 45.2. The van der Waals surface area contributed by atoms with Gasteiger partial charge in [0, 0.05) is 17.9 Å². The standard InChI is InChI=1S/C37H29N3O9S3/c1-3-39-22-7-5-4-6-19(22)8-9-20-16-21(10-11-23(20)39)32-30-31(49-15-14-48-30)34(52-32)33-29-28(46-12-13-47-29)24(50-33)17-25-35(43)40(18-26(41)42)36(51-25)27(38-2)37(44)45/h4-7,10-11,16-17H,3,8-9,12-15,18H2,1H3,(H,41,42)(H,44,45). The van der Waals surface area contributed by atoms with Gasteiger partial charge in [0.1, 0.15) is 37.6 Å². The van der Waals surface area contributed by atoms with Crippen molar-refractivity contribution in [3.8, 4) is 43.2 Å². The molecule has 2 N–H and O–H groups in total. The van der Waals surface area contributed by atoms with Crippen LogP contribution in [0.1, 0.15) is 22.9 Å². The van der Waals surface area contributed by atoms with Crippen molar-refractivity contribution in [1.82, 2.24) is 4.57 Å². The van der Waals surface area contributed by atoms with Crippen molar-refractivity contribution in [1.29, 1.82) is 0 Å². The molecule has 52 heavy (non-hydrogen) atoms. The minimum Gasteiger partial charge on any atom is -0.486 e. The van der Waals surface area contributed by atoms with Gasteiger partial charge < -0.3 is 34.1 Å². The molecule has 3 aromatic heterocycles. The van der Waals surface area contributed by atoms with E-state index < -0.39 is 29.7 Å². The molecule has 0 bridgehead atoms. The van der Waals surface area contributed by atoms with Crippen molar-refractivity contribution in [3.63, 3.8) is 0 Å². The fourth-order valence-corrected chi connectivity index (χ4v) is 10.3. The number of rotatable bonds is 7. The van der Waals surface area contributed by atoms with Crippen molar-refractivity contribution in [2.75, 3.05) is 37.9 Å². The summed E-state index contributed by atoms with van der Waals surface area (Å²) in [6.45, 7) is 10.9. The predicted molar refractivity (Wildman–Crippen MR) is 198 cm³/mol. The average Bonchev–Trinajstić information content (AvgIpc) is 3.76. The number of aromatic nitrogens is 1. The zero-order valence-corrected chi connectivity index (χ0v) is 30.0. The lowest BCUT2D eigenvalue weighted by Crippen LogP contribution is -2.35. The third kappa shape index (κ3) is 5.69. The minimum atomic E-state index is -1.56. The molecule has 264 valence electrons. The number of carboxylic acid groups (broad SMARTS) is 2. The van der Waals surface area contributed by atoms with Gasteiger partial charge in [-0.3, -0.25) is 19.0 Å². The summed E-state index contributed by atoms with van der Waals surface area (Å²) >= 11 is 3.56. The van der Waals surface area contributed by atoms with Crippen LogP contribution in [0.25, 0.3) is 36.8 Å². The van der Waals surface area contributed by atoms with Crippen LogP contribution in [0.5, 0.6) is 23.0 Å². The maximum Gasteiger partial charge on any atom is 0.336 e. The molecule has 0 saturated carbocycles. The summed E-state index contributed by atoms with van der Waals surface area (Å²) in [6.07, 6.45) is 3.34. The molecular formula is C37H29N3O9S3. The molecule has 2 aromatic carbocycles. The fourth-order valence-electron chi connectivity index (χ4n) is 6.70. The van der Waals surface area contributed by atoms with Gasteiger partial charge in [0.2, 0.25) is 0 Å². The topological polar surface area (TPSA) is 141 Å². The average molecular weight is 756 g/mol. The zero-order valence-electron chi connectivity index (χ0n) is 27.6. The Morgan fingerprint density at radius 2 is 1.48 bits per heavy atom. The van der Waals surface area contributed by atoms with Gasteiger partial charge in [-0.15, -0.1) is 34.0 Å². The summed E-state index contributed by atoms with van der Waals surface area (Å²) in [5, 5.41) is 19.1. The normalized spacial score (nSPS) is 15.3. The molecule has 12 nitrogen and oxygen atoms in total. The van der Waals surface area contributed by atoms with E-state index in [0.29, 0.717) is 52.6 Å². The van der Waals surface area contributed by atoms with E-state index in [1.54, 1.807) is 0 Å². The van der Waals surface area contributed by atoms with Gasteiger partial charge in [-0.05, 0) is 60.7 Å². The number of carboxylic acids is 2. The maximum atomic E-state index is 13.5. The first-order valence-electron chi connectivity index (χ1n) is 16.4. The van der Waals surface area contributed by atoms with Crippen molar-refractivity contribution in [3.05, 3.63) is 89.4 Å². The monoisotopic (exact) mass is 755 g/mol. The number of thiazole rings is 1. The highest BCUT2D eigenvalue weighted by Crippen LogP contribution is 2.60. The van der Waals surface area contributed by atoms with Gasteiger partial charge in [0.15, 0.2) is 23.0 Å². The molecular weight excluding hydrogens is 727 g/mol. The Balaban J connectivity index is 1.26. The van der Waals surface area contributed by atoms with Crippen LogP contribution < -0.4 is 38.6 Å². The number of para-hydroxylation sites is 1. The van der Waals surface area contributed by atoms with Gasteiger partial charge in [-0.1, -0.05) is 24.3 Å². The van der Waals surface area contributed by atoms with Crippen LogP contribution in [-0.4, -0.2) is 59.7 Å². The Morgan fingerprint density at radius 1 is 0.846 bits per heavy atom. The van der Waals surface area contributed by atoms with Crippen LogP contribution in [0.4, 0.5) is 11.4 Å². The molecule has 0 spiro atoms. The number of fused-ring (bicyclic) bond motifs is 4. The third-order valence-corrected chi connectivity index (χ3v) is 12.5. The molecule has 5 aromatic rings. The predicted octanol–water partition coefficient (Wildman–Crippen LogP) is 5.19. The molecule has 6 heterocycles. The second kappa shape index (κ2) is 13.5. The van der Waals surface area contributed by atoms with Crippen LogP contribution in [0.3, 0.4) is 0 Å². The van der Waals surface area contributed by atoms with Crippen LogP contribution in [-0.2, 0) is 29.0 Å².